The van der Waals surface area contributed by atoms with Crippen LogP contribution in [0, 0.1) is 24.3 Å². The van der Waals surface area contributed by atoms with E-state index in [9.17, 15) is 9.59 Å². The first-order chi connectivity index (χ1) is 10.3. The second kappa shape index (κ2) is 6.95. The summed E-state index contributed by atoms with van der Waals surface area (Å²) in [6.07, 6.45) is 0. The van der Waals surface area contributed by atoms with Gasteiger partial charge in [-0.1, -0.05) is 15.9 Å². The Morgan fingerprint density at radius 3 is 2.59 bits per heavy atom. The van der Waals surface area contributed by atoms with Crippen molar-refractivity contribution in [1.29, 1.82) is 0 Å². The van der Waals surface area contributed by atoms with Gasteiger partial charge in [-0.05, 0) is 72.7 Å². The number of aromatic amines is 1. The highest BCUT2D eigenvalue weighted by Gasteiger charge is 2.13. The third-order valence-electron chi connectivity index (χ3n) is 3.47. The summed E-state index contributed by atoms with van der Waals surface area (Å²) in [5.74, 6) is -0.184. The number of nitrogens with one attached hydrogen (secondary N) is 2. The fraction of sp³-hybridized carbons (Fsp3) is 0.250. The molecule has 2 rings (SSSR count). The van der Waals surface area contributed by atoms with Gasteiger partial charge in [-0.15, -0.1) is 0 Å². The Balaban J connectivity index is 2.23. The van der Waals surface area contributed by atoms with Gasteiger partial charge in [0.2, 0.25) is 0 Å². The number of rotatable bonds is 3. The lowest BCUT2D eigenvalue weighted by molar-refractivity contribution is 0.0950. The largest absolute Gasteiger partial charge is 0.348 e. The van der Waals surface area contributed by atoms with Crippen molar-refractivity contribution in [3.05, 3.63) is 64.5 Å². The molecule has 6 heteroatoms. The molecule has 1 amide bonds. The van der Waals surface area contributed by atoms with Crippen LogP contribution in [0.5, 0.6) is 0 Å². The molecule has 0 bridgehead atoms. The van der Waals surface area contributed by atoms with E-state index in [0.29, 0.717) is 11.1 Å². The normalized spacial score (nSPS) is 10.6. The molecular weight excluding hydrogens is 459 g/mol. The van der Waals surface area contributed by atoms with Gasteiger partial charge in [-0.2, -0.15) is 0 Å². The van der Waals surface area contributed by atoms with E-state index in [0.717, 1.165) is 24.9 Å². The van der Waals surface area contributed by atoms with Gasteiger partial charge in [-0.3, -0.25) is 9.59 Å². The Morgan fingerprint density at radius 2 is 1.95 bits per heavy atom. The molecule has 0 aliphatic rings. The van der Waals surface area contributed by atoms with Crippen LogP contribution in [0.15, 0.2) is 27.5 Å². The summed E-state index contributed by atoms with van der Waals surface area (Å²) < 4.78 is 1.87. The number of halogens is 2. The molecular formula is C16H16BrIN2O2. The molecule has 0 saturated carbocycles. The van der Waals surface area contributed by atoms with Gasteiger partial charge < -0.3 is 10.3 Å². The molecule has 22 heavy (non-hydrogen) atoms. The topological polar surface area (TPSA) is 62.0 Å². The van der Waals surface area contributed by atoms with E-state index in [1.807, 2.05) is 39.0 Å². The fourth-order valence-electron chi connectivity index (χ4n) is 2.25. The van der Waals surface area contributed by atoms with Crippen molar-refractivity contribution in [2.75, 3.05) is 0 Å². The summed E-state index contributed by atoms with van der Waals surface area (Å²) in [4.78, 5) is 27.1. The Hall–Kier alpha value is -1.15. The number of aryl methyl sites for hydroxylation is 2. The number of amides is 1. The molecule has 1 aromatic heterocycles. The zero-order valence-electron chi connectivity index (χ0n) is 12.5. The average molecular weight is 475 g/mol. The first-order valence-electron chi connectivity index (χ1n) is 6.73. The van der Waals surface area contributed by atoms with Crippen molar-refractivity contribution in [3.63, 3.8) is 0 Å². The Morgan fingerprint density at radius 1 is 1.27 bits per heavy atom. The number of hydrogen-bond donors (Lipinski definition) is 2. The SMILES string of the molecule is Cc1cc(C)c(CNC(=O)c2cc(I)cc(Br)c2C)c(=O)[nH]1. The van der Waals surface area contributed by atoms with Crippen LogP contribution in [0.2, 0.25) is 0 Å². The zero-order valence-corrected chi connectivity index (χ0v) is 16.3. The van der Waals surface area contributed by atoms with E-state index in [1.165, 1.54) is 0 Å². The molecule has 0 saturated heterocycles. The zero-order chi connectivity index (χ0) is 16.4. The van der Waals surface area contributed by atoms with E-state index in [4.69, 9.17) is 0 Å². The highest BCUT2D eigenvalue weighted by atomic mass is 127. The predicted octanol–water partition coefficient (Wildman–Crippen LogP) is 3.60. The Bertz CT molecular complexity index is 799. The lowest BCUT2D eigenvalue weighted by atomic mass is 10.1. The van der Waals surface area contributed by atoms with Crippen LogP contribution in [0.25, 0.3) is 0 Å². The van der Waals surface area contributed by atoms with Crippen LogP contribution in [0.1, 0.15) is 32.7 Å². The minimum Gasteiger partial charge on any atom is -0.348 e. The number of carbonyl (C=O) groups is 1. The molecule has 0 aliphatic heterocycles. The van der Waals surface area contributed by atoms with Gasteiger partial charge in [0, 0.05) is 31.4 Å². The van der Waals surface area contributed by atoms with Gasteiger partial charge in [-0.25, -0.2) is 0 Å². The third kappa shape index (κ3) is 3.78. The Kier molecular flexibility index (Phi) is 5.44. The van der Waals surface area contributed by atoms with Gasteiger partial charge >= 0.3 is 0 Å². The van der Waals surface area contributed by atoms with Crippen LogP contribution in [-0.2, 0) is 6.54 Å². The van der Waals surface area contributed by atoms with Crippen molar-refractivity contribution < 1.29 is 4.79 Å². The second-order valence-electron chi connectivity index (χ2n) is 5.19. The van der Waals surface area contributed by atoms with E-state index < -0.39 is 0 Å². The number of H-pyrrole nitrogens is 1. The molecule has 0 radical (unpaired) electrons. The fourth-order valence-corrected chi connectivity index (χ4v) is 3.76. The van der Waals surface area contributed by atoms with Gasteiger partial charge in [0.15, 0.2) is 0 Å². The van der Waals surface area contributed by atoms with Crippen molar-refractivity contribution in [2.24, 2.45) is 0 Å². The summed E-state index contributed by atoms with van der Waals surface area (Å²) in [6, 6.07) is 5.69. The number of carbonyl (C=O) groups excluding carboxylic acids is 1. The van der Waals surface area contributed by atoms with E-state index in [2.05, 4.69) is 48.8 Å². The summed E-state index contributed by atoms with van der Waals surface area (Å²) in [5, 5.41) is 2.83. The summed E-state index contributed by atoms with van der Waals surface area (Å²) in [6.45, 7) is 5.81. The minimum absolute atomic E-state index is 0.154. The summed E-state index contributed by atoms with van der Waals surface area (Å²) in [7, 11) is 0. The molecule has 0 atom stereocenters. The van der Waals surface area contributed by atoms with Crippen LogP contribution < -0.4 is 10.9 Å². The maximum absolute atomic E-state index is 12.4. The first kappa shape index (κ1) is 17.2. The molecule has 2 N–H and O–H groups in total. The van der Waals surface area contributed by atoms with Crippen LogP contribution in [0.4, 0.5) is 0 Å². The van der Waals surface area contributed by atoms with E-state index in [-0.39, 0.29) is 18.0 Å². The standard InChI is InChI=1S/C16H16BrIN2O2/c1-8-4-9(2)20-16(22)13(8)7-19-15(21)12-5-11(18)6-14(17)10(12)3/h4-6H,7H2,1-3H3,(H,19,21)(H,20,22). The van der Waals surface area contributed by atoms with Crippen LogP contribution in [0.3, 0.4) is 0 Å². The predicted molar refractivity (Wildman–Crippen MR) is 99.3 cm³/mol. The highest BCUT2D eigenvalue weighted by Crippen LogP contribution is 2.23. The van der Waals surface area contributed by atoms with Crippen LogP contribution in [-0.4, -0.2) is 10.9 Å². The van der Waals surface area contributed by atoms with Gasteiger partial charge in [0.25, 0.3) is 11.5 Å². The lowest BCUT2D eigenvalue weighted by Crippen LogP contribution is -2.28. The molecule has 0 aliphatic carbocycles. The molecule has 0 fully saturated rings. The van der Waals surface area contributed by atoms with Crippen molar-refractivity contribution in [2.45, 2.75) is 27.3 Å². The van der Waals surface area contributed by atoms with Crippen molar-refractivity contribution in [1.82, 2.24) is 10.3 Å². The molecule has 1 aromatic carbocycles. The molecule has 0 unspecified atom stereocenters. The van der Waals surface area contributed by atoms with Crippen molar-refractivity contribution >= 4 is 44.4 Å². The lowest BCUT2D eigenvalue weighted by Gasteiger charge is -2.11. The number of hydrogen-bond acceptors (Lipinski definition) is 2. The number of pyridine rings is 1. The average Bonchev–Trinajstić information content (AvgIpc) is 2.41. The molecule has 0 spiro atoms. The smallest absolute Gasteiger partial charge is 0.253 e. The highest BCUT2D eigenvalue weighted by molar-refractivity contribution is 14.1. The number of aromatic nitrogens is 1. The van der Waals surface area contributed by atoms with Gasteiger partial charge in [0.05, 0.1) is 0 Å². The first-order valence-corrected chi connectivity index (χ1v) is 8.60. The summed E-state index contributed by atoms with van der Waals surface area (Å²) in [5.41, 5.74) is 3.61. The molecule has 116 valence electrons. The van der Waals surface area contributed by atoms with Gasteiger partial charge in [0.1, 0.15) is 0 Å². The maximum Gasteiger partial charge on any atom is 0.253 e. The molecule has 2 aromatic rings. The van der Waals surface area contributed by atoms with E-state index in [1.54, 1.807) is 0 Å². The number of benzene rings is 1. The monoisotopic (exact) mass is 474 g/mol. The van der Waals surface area contributed by atoms with E-state index >= 15 is 0 Å². The van der Waals surface area contributed by atoms with Crippen LogP contribution >= 0.6 is 38.5 Å². The third-order valence-corrected chi connectivity index (χ3v) is 4.92. The summed E-state index contributed by atoms with van der Waals surface area (Å²) >= 11 is 5.62. The molecule has 4 nitrogen and oxygen atoms in total. The minimum atomic E-state index is -0.184. The quantitative estimate of drug-likeness (QED) is 0.667. The second-order valence-corrected chi connectivity index (χ2v) is 7.29. The maximum atomic E-state index is 12.4. The van der Waals surface area contributed by atoms with Crippen molar-refractivity contribution in [3.8, 4) is 0 Å². The Labute approximate surface area is 151 Å². The molecule has 1 heterocycles.